The molecule has 1 heterocycles. The highest BCUT2D eigenvalue weighted by Gasteiger charge is 2.36. The van der Waals surface area contributed by atoms with Gasteiger partial charge in [-0.1, -0.05) is 6.07 Å². The van der Waals surface area contributed by atoms with Gasteiger partial charge in [0.1, 0.15) is 5.82 Å². The molecule has 0 radical (unpaired) electrons. The Labute approximate surface area is 90.9 Å². The number of rotatable bonds is 4. The highest BCUT2D eigenvalue weighted by molar-refractivity contribution is 5.42. The first-order chi connectivity index (χ1) is 7.26. The Bertz CT molecular complexity index is 329. The van der Waals surface area contributed by atoms with Crippen LogP contribution in [0.1, 0.15) is 24.8 Å². The zero-order valence-electron chi connectivity index (χ0n) is 9.42. The third-order valence-electron chi connectivity index (χ3n) is 3.29. The number of pyridine rings is 1. The van der Waals surface area contributed by atoms with Crippen LogP contribution in [0.5, 0.6) is 0 Å². The van der Waals surface area contributed by atoms with E-state index in [4.69, 9.17) is 4.74 Å². The third-order valence-corrected chi connectivity index (χ3v) is 3.29. The SMILES string of the molecule is COC1(CNc2ncccc2C)CCC1. The quantitative estimate of drug-likeness (QED) is 0.821. The van der Waals surface area contributed by atoms with Crippen LogP contribution in [0, 0.1) is 6.92 Å². The van der Waals surface area contributed by atoms with Gasteiger partial charge in [0.15, 0.2) is 0 Å². The number of anilines is 1. The van der Waals surface area contributed by atoms with Crippen molar-refractivity contribution in [3.8, 4) is 0 Å². The number of methoxy groups -OCH3 is 1. The molecule has 0 aromatic carbocycles. The fraction of sp³-hybridized carbons (Fsp3) is 0.583. The predicted octanol–water partition coefficient (Wildman–Crippen LogP) is 2.37. The Morgan fingerprint density at radius 3 is 2.87 bits per heavy atom. The molecule has 1 aliphatic carbocycles. The van der Waals surface area contributed by atoms with E-state index in [1.807, 2.05) is 12.3 Å². The summed E-state index contributed by atoms with van der Waals surface area (Å²) in [5, 5.41) is 3.37. The summed E-state index contributed by atoms with van der Waals surface area (Å²) >= 11 is 0. The lowest BCUT2D eigenvalue weighted by molar-refractivity contribution is -0.0601. The Hall–Kier alpha value is -1.09. The van der Waals surface area contributed by atoms with E-state index < -0.39 is 0 Å². The van der Waals surface area contributed by atoms with Gasteiger partial charge in [-0.05, 0) is 37.8 Å². The fourth-order valence-corrected chi connectivity index (χ4v) is 1.94. The first-order valence-corrected chi connectivity index (χ1v) is 5.46. The molecule has 1 aliphatic rings. The highest BCUT2D eigenvalue weighted by Crippen LogP contribution is 2.35. The molecule has 3 heteroatoms. The molecule has 0 unspecified atom stereocenters. The molecule has 1 aromatic rings. The van der Waals surface area contributed by atoms with Gasteiger partial charge in [0.25, 0.3) is 0 Å². The second kappa shape index (κ2) is 4.19. The van der Waals surface area contributed by atoms with Crippen molar-refractivity contribution >= 4 is 5.82 Å². The van der Waals surface area contributed by atoms with Crippen LogP contribution in [-0.4, -0.2) is 24.2 Å². The Morgan fingerprint density at radius 1 is 1.53 bits per heavy atom. The Balaban J connectivity index is 1.95. The van der Waals surface area contributed by atoms with Gasteiger partial charge in [0.05, 0.1) is 5.60 Å². The van der Waals surface area contributed by atoms with Gasteiger partial charge >= 0.3 is 0 Å². The number of ether oxygens (including phenoxy) is 1. The summed E-state index contributed by atoms with van der Waals surface area (Å²) in [6, 6.07) is 4.02. The molecule has 0 aliphatic heterocycles. The van der Waals surface area contributed by atoms with Crippen LogP contribution in [-0.2, 0) is 4.74 Å². The summed E-state index contributed by atoms with van der Waals surface area (Å²) in [7, 11) is 1.80. The number of hydrogen-bond donors (Lipinski definition) is 1. The van der Waals surface area contributed by atoms with Crippen LogP contribution in [0.4, 0.5) is 5.82 Å². The summed E-state index contributed by atoms with van der Waals surface area (Å²) in [5.41, 5.74) is 1.24. The summed E-state index contributed by atoms with van der Waals surface area (Å²) in [4.78, 5) is 4.31. The van der Waals surface area contributed by atoms with E-state index in [1.165, 1.54) is 12.0 Å². The molecule has 1 N–H and O–H groups in total. The van der Waals surface area contributed by atoms with Crippen LogP contribution in [0.3, 0.4) is 0 Å². The van der Waals surface area contributed by atoms with E-state index in [1.54, 1.807) is 7.11 Å². The minimum atomic E-state index is 0.0595. The van der Waals surface area contributed by atoms with Crippen LogP contribution < -0.4 is 5.32 Å². The normalized spacial score (nSPS) is 18.3. The van der Waals surface area contributed by atoms with E-state index in [2.05, 4.69) is 23.3 Å². The number of aryl methyl sites for hydroxylation is 1. The van der Waals surface area contributed by atoms with Crippen molar-refractivity contribution in [3.63, 3.8) is 0 Å². The third kappa shape index (κ3) is 2.12. The standard InChI is InChI=1S/C12H18N2O/c1-10-5-3-8-13-11(10)14-9-12(15-2)6-4-7-12/h3,5,8H,4,6-7,9H2,1-2H3,(H,13,14). The first-order valence-electron chi connectivity index (χ1n) is 5.46. The van der Waals surface area contributed by atoms with Gasteiger partial charge in [0, 0.05) is 19.9 Å². The molecule has 0 atom stereocenters. The van der Waals surface area contributed by atoms with Crippen molar-refractivity contribution in [2.45, 2.75) is 31.8 Å². The number of nitrogens with zero attached hydrogens (tertiary/aromatic N) is 1. The van der Waals surface area contributed by atoms with Crippen LogP contribution in [0.25, 0.3) is 0 Å². The molecule has 15 heavy (non-hydrogen) atoms. The van der Waals surface area contributed by atoms with Gasteiger partial charge in [0.2, 0.25) is 0 Å². The molecular weight excluding hydrogens is 188 g/mol. The first kappa shape index (κ1) is 10.4. The molecule has 0 bridgehead atoms. The van der Waals surface area contributed by atoms with Crippen LogP contribution >= 0.6 is 0 Å². The van der Waals surface area contributed by atoms with Crippen molar-refractivity contribution in [1.82, 2.24) is 4.98 Å². The second-order valence-corrected chi connectivity index (χ2v) is 4.26. The average molecular weight is 206 g/mol. The summed E-state index contributed by atoms with van der Waals surface area (Å²) < 4.78 is 5.55. The van der Waals surface area contributed by atoms with E-state index in [-0.39, 0.29) is 5.60 Å². The summed E-state index contributed by atoms with van der Waals surface area (Å²) in [6.07, 6.45) is 5.40. The molecule has 0 spiro atoms. The lowest BCUT2D eigenvalue weighted by atomic mass is 9.80. The van der Waals surface area contributed by atoms with Gasteiger partial charge < -0.3 is 10.1 Å². The van der Waals surface area contributed by atoms with E-state index in [9.17, 15) is 0 Å². The molecule has 1 aromatic heterocycles. The van der Waals surface area contributed by atoms with Crippen molar-refractivity contribution in [3.05, 3.63) is 23.9 Å². The minimum absolute atomic E-state index is 0.0595. The smallest absolute Gasteiger partial charge is 0.128 e. The average Bonchev–Trinajstić information content (AvgIpc) is 2.19. The lowest BCUT2D eigenvalue weighted by Crippen LogP contribution is -2.45. The largest absolute Gasteiger partial charge is 0.376 e. The minimum Gasteiger partial charge on any atom is -0.376 e. The summed E-state index contributed by atoms with van der Waals surface area (Å²) in [6.45, 7) is 2.93. The van der Waals surface area contributed by atoms with E-state index >= 15 is 0 Å². The molecule has 0 saturated heterocycles. The van der Waals surface area contributed by atoms with Crippen LogP contribution in [0.2, 0.25) is 0 Å². The molecule has 1 fully saturated rings. The molecule has 0 amide bonds. The topological polar surface area (TPSA) is 34.1 Å². The maximum Gasteiger partial charge on any atom is 0.128 e. The Morgan fingerprint density at radius 2 is 2.33 bits per heavy atom. The lowest BCUT2D eigenvalue weighted by Gasteiger charge is -2.40. The molecule has 1 saturated carbocycles. The number of aromatic nitrogens is 1. The molecule has 2 rings (SSSR count). The number of nitrogens with one attached hydrogen (secondary N) is 1. The maximum absolute atomic E-state index is 5.55. The monoisotopic (exact) mass is 206 g/mol. The summed E-state index contributed by atoms with van der Waals surface area (Å²) in [5.74, 6) is 0.973. The van der Waals surface area contributed by atoms with Crippen molar-refractivity contribution in [2.24, 2.45) is 0 Å². The van der Waals surface area contributed by atoms with Crippen LogP contribution in [0.15, 0.2) is 18.3 Å². The van der Waals surface area contributed by atoms with Gasteiger partial charge in [-0.2, -0.15) is 0 Å². The maximum atomic E-state index is 5.55. The zero-order chi connectivity index (χ0) is 10.7. The van der Waals surface area contributed by atoms with E-state index in [0.29, 0.717) is 0 Å². The van der Waals surface area contributed by atoms with E-state index in [0.717, 1.165) is 25.2 Å². The van der Waals surface area contributed by atoms with Crippen molar-refractivity contribution < 1.29 is 4.74 Å². The van der Waals surface area contributed by atoms with Crippen molar-refractivity contribution in [1.29, 1.82) is 0 Å². The molecule has 3 nitrogen and oxygen atoms in total. The Kier molecular flexibility index (Phi) is 2.91. The number of hydrogen-bond acceptors (Lipinski definition) is 3. The molecular formula is C12H18N2O. The molecule has 82 valence electrons. The highest BCUT2D eigenvalue weighted by atomic mass is 16.5. The van der Waals surface area contributed by atoms with Gasteiger partial charge in [-0.25, -0.2) is 4.98 Å². The van der Waals surface area contributed by atoms with Crippen molar-refractivity contribution in [2.75, 3.05) is 19.0 Å². The predicted molar refractivity (Wildman–Crippen MR) is 61.1 cm³/mol. The van der Waals surface area contributed by atoms with Gasteiger partial charge in [-0.15, -0.1) is 0 Å². The second-order valence-electron chi connectivity index (χ2n) is 4.26. The fourth-order valence-electron chi connectivity index (χ4n) is 1.94. The van der Waals surface area contributed by atoms with Gasteiger partial charge in [-0.3, -0.25) is 0 Å². The zero-order valence-corrected chi connectivity index (χ0v) is 9.42.